The summed E-state index contributed by atoms with van der Waals surface area (Å²) in [7, 11) is 1.94. The Hall–Kier alpha value is -2.79. The number of benzene rings is 2. The van der Waals surface area contributed by atoms with Crippen LogP contribution in [0.15, 0.2) is 60.8 Å². The van der Waals surface area contributed by atoms with Crippen molar-refractivity contribution < 1.29 is 14.6 Å². The molecule has 0 aliphatic rings. The first-order valence-electron chi connectivity index (χ1n) is 8.27. The summed E-state index contributed by atoms with van der Waals surface area (Å²) in [6, 6.07) is 17.1. The Bertz CT molecular complexity index is 858. The van der Waals surface area contributed by atoms with E-state index in [2.05, 4.69) is 5.32 Å². The SMILES string of the molecule is CC(Oc1ccccc1)C(=O)NCC(O)c1cn(C)c2ccccc12. The summed E-state index contributed by atoms with van der Waals surface area (Å²) in [5.41, 5.74) is 1.85. The van der Waals surface area contributed by atoms with Crippen LogP contribution in [-0.4, -0.2) is 28.2 Å². The predicted molar refractivity (Wildman–Crippen MR) is 97.4 cm³/mol. The van der Waals surface area contributed by atoms with Crippen molar-refractivity contribution >= 4 is 16.8 Å². The van der Waals surface area contributed by atoms with Gasteiger partial charge < -0.3 is 19.7 Å². The van der Waals surface area contributed by atoms with Crippen LogP contribution in [0.25, 0.3) is 10.9 Å². The van der Waals surface area contributed by atoms with E-state index in [1.165, 1.54) is 0 Å². The number of aliphatic hydroxyl groups is 1. The van der Waals surface area contributed by atoms with E-state index < -0.39 is 12.2 Å². The molecule has 3 rings (SSSR count). The molecule has 0 saturated heterocycles. The standard InChI is InChI=1S/C20H22N2O3/c1-14(25-15-8-4-3-5-9-15)20(24)21-12-19(23)17-13-22(2)18-11-7-6-10-16(17)18/h3-11,13-14,19,23H,12H2,1-2H3,(H,21,24). The average molecular weight is 338 g/mol. The topological polar surface area (TPSA) is 63.5 Å². The van der Waals surface area contributed by atoms with Crippen molar-refractivity contribution in [1.29, 1.82) is 0 Å². The first-order valence-corrected chi connectivity index (χ1v) is 8.27. The number of fused-ring (bicyclic) bond motifs is 1. The molecule has 5 heteroatoms. The number of aliphatic hydroxyl groups excluding tert-OH is 1. The Morgan fingerprint density at radius 2 is 1.84 bits per heavy atom. The second kappa shape index (κ2) is 7.40. The minimum absolute atomic E-state index is 0.134. The summed E-state index contributed by atoms with van der Waals surface area (Å²) in [4.78, 5) is 12.2. The number of carbonyl (C=O) groups excluding carboxylic acids is 1. The number of aryl methyl sites for hydroxylation is 1. The highest BCUT2D eigenvalue weighted by molar-refractivity contribution is 5.84. The van der Waals surface area contributed by atoms with E-state index in [-0.39, 0.29) is 12.5 Å². The number of nitrogens with one attached hydrogen (secondary N) is 1. The van der Waals surface area contributed by atoms with Crippen molar-refractivity contribution in [3.63, 3.8) is 0 Å². The normalized spacial score (nSPS) is 13.4. The summed E-state index contributed by atoms with van der Waals surface area (Å²) >= 11 is 0. The third-order valence-corrected chi connectivity index (χ3v) is 4.18. The molecule has 1 heterocycles. The quantitative estimate of drug-likeness (QED) is 0.726. The molecule has 0 bridgehead atoms. The predicted octanol–water partition coefficient (Wildman–Crippen LogP) is 2.80. The lowest BCUT2D eigenvalue weighted by molar-refractivity contribution is -0.127. The highest BCUT2D eigenvalue weighted by Crippen LogP contribution is 2.25. The van der Waals surface area contributed by atoms with Crippen LogP contribution in [0.4, 0.5) is 0 Å². The number of nitrogens with zero attached hydrogens (tertiary/aromatic N) is 1. The van der Waals surface area contributed by atoms with E-state index in [4.69, 9.17) is 4.74 Å². The summed E-state index contributed by atoms with van der Waals surface area (Å²) in [5.74, 6) is 0.378. The average Bonchev–Trinajstić information content (AvgIpc) is 2.97. The molecule has 0 spiro atoms. The van der Waals surface area contributed by atoms with Gasteiger partial charge in [-0.15, -0.1) is 0 Å². The molecule has 1 aromatic heterocycles. The molecular weight excluding hydrogens is 316 g/mol. The monoisotopic (exact) mass is 338 g/mol. The van der Waals surface area contributed by atoms with Gasteiger partial charge in [0, 0.05) is 36.3 Å². The molecule has 3 aromatic rings. The number of hydrogen-bond donors (Lipinski definition) is 2. The molecule has 2 atom stereocenters. The third-order valence-electron chi connectivity index (χ3n) is 4.18. The lowest BCUT2D eigenvalue weighted by atomic mass is 10.1. The van der Waals surface area contributed by atoms with E-state index in [0.717, 1.165) is 16.5 Å². The van der Waals surface area contributed by atoms with Crippen LogP contribution >= 0.6 is 0 Å². The van der Waals surface area contributed by atoms with Gasteiger partial charge in [-0.2, -0.15) is 0 Å². The zero-order valence-electron chi connectivity index (χ0n) is 14.3. The summed E-state index contributed by atoms with van der Waals surface area (Å²) in [6.45, 7) is 1.82. The number of hydrogen-bond acceptors (Lipinski definition) is 3. The molecule has 1 amide bonds. The second-order valence-corrected chi connectivity index (χ2v) is 6.05. The molecule has 5 nitrogen and oxygen atoms in total. The summed E-state index contributed by atoms with van der Waals surface area (Å²) in [5, 5.41) is 14.2. The van der Waals surface area contributed by atoms with E-state index >= 15 is 0 Å². The first-order chi connectivity index (χ1) is 12.1. The van der Waals surface area contributed by atoms with Crippen LogP contribution in [0.5, 0.6) is 5.75 Å². The van der Waals surface area contributed by atoms with Crippen molar-refractivity contribution in [2.75, 3.05) is 6.54 Å². The maximum absolute atomic E-state index is 12.2. The fourth-order valence-electron chi connectivity index (χ4n) is 2.85. The largest absolute Gasteiger partial charge is 0.481 e. The number of para-hydroxylation sites is 2. The van der Waals surface area contributed by atoms with Gasteiger partial charge in [0.15, 0.2) is 6.10 Å². The number of carbonyl (C=O) groups is 1. The van der Waals surface area contributed by atoms with Gasteiger partial charge in [0.25, 0.3) is 5.91 Å². The van der Waals surface area contributed by atoms with E-state index in [0.29, 0.717) is 5.75 Å². The molecule has 0 aliphatic carbocycles. The number of aromatic nitrogens is 1. The first kappa shape index (κ1) is 17.0. The van der Waals surface area contributed by atoms with Gasteiger partial charge in [-0.3, -0.25) is 4.79 Å². The minimum Gasteiger partial charge on any atom is -0.481 e. The van der Waals surface area contributed by atoms with Gasteiger partial charge in [-0.25, -0.2) is 0 Å². The van der Waals surface area contributed by atoms with Crippen molar-refractivity contribution in [3.8, 4) is 5.75 Å². The maximum Gasteiger partial charge on any atom is 0.260 e. The van der Waals surface area contributed by atoms with Gasteiger partial charge in [-0.05, 0) is 25.1 Å². The molecule has 2 aromatic carbocycles. The lowest BCUT2D eigenvalue weighted by Crippen LogP contribution is -2.38. The summed E-state index contributed by atoms with van der Waals surface area (Å²) < 4.78 is 7.56. The van der Waals surface area contributed by atoms with Crippen LogP contribution in [0.2, 0.25) is 0 Å². The Labute approximate surface area is 146 Å². The van der Waals surface area contributed by atoms with Gasteiger partial charge in [0.2, 0.25) is 0 Å². The number of amides is 1. The Morgan fingerprint density at radius 3 is 2.60 bits per heavy atom. The van der Waals surface area contributed by atoms with E-state index in [1.54, 1.807) is 19.1 Å². The van der Waals surface area contributed by atoms with Crippen molar-refractivity contribution in [1.82, 2.24) is 9.88 Å². The minimum atomic E-state index is -0.779. The number of rotatable bonds is 6. The second-order valence-electron chi connectivity index (χ2n) is 6.05. The van der Waals surface area contributed by atoms with E-state index in [1.807, 2.05) is 60.3 Å². The van der Waals surface area contributed by atoms with E-state index in [9.17, 15) is 9.90 Å². The maximum atomic E-state index is 12.2. The third kappa shape index (κ3) is 3.83. The van der Waals surface area contributed by atoms with Crippen LogP contribution in [0, 0.1) is 0 Å². The van der Waals surface area contributed by atoms with Crippen LogP contribution in [-0.2, 0) is 11.8 Å². The van der Waals surface area contributed by atoms with Gasteiger partial charge in [0.1, 0.15) is 5.75 Å². The molecule has 2 N–H and O–H groups in total. The highest BCUT2D eigenvalue weighted by atomic mass is 16.5. The molecule has 0 fully saturated rings. The van der Waals surface area contributed by atoms with Gasteiger partial charge in [0.05, 0.1) is 6.10 Å². The van der Waals surface area contributed by atoms with Crippen molar-refractivity contribution in [2.24, 2.45) is 7.05 Å². The van der Waals surface area contributed by atoms with Crippen LogP contribution in [0.3, 0.4) is 0 Å². The smallest absolute Gasteiger partial charge is 0.260 e. The van der Waals surface area contributed by atoms with Gasteiger partial charge in [-0.1, -0.05) is 36.4 Å². The molecule has 0 radical (unpaired) electrons. The van der Waals surface area contributed by atoms with Crippen molar-refractivity contribution in [3.05, 3.63) is 66.4 Å². The zero-order chi connectivity index (χ0) is 17.8. The van der Waals surface area contributed by atoms with Crippen molar-refractivity contribution in [2.45, 2.75) is 19.1 Å². The molecule has 0 saturated carbocycles. The van der Waals surface area contributed by atoms with Crippen LogP contribution < -0.4 is 10.1 Å². The molecule has 0 aliphatic heterocycles. The fraction of sp³-hybridized carbons (Fsp3) is 0.250. The molecule has 25 heavy (non-hydrogen) atoms. The zero-order valence-corrected chi connectivity index (χ0v) is 14.3. The molecular formula is C20H22N2O3. The molecule has 2 unspecified atom stereocenters. The summed E-state index contributed by atoms with van der Waals surface area (Å²) in [6.07, 6.45) is 0.479. The lowest BCUT2D eigenvalue weighted by Gasteiger charge is -2.16. The fourth-order valence-corrected chi connectivity index (χ4v) is 2.85. The highest BCUT2D eigenvalue weighted by Gasteiger charge is 2.18. The van der Waals surface area contributed by atoms with Gasteiger partial charge >= 0.3 is 0 Å². The van der Waals surface area contributed by atoms with Crippen LogP contribution in [0.1, 0.15) is 18.6 Å². The Morgan fingerprint density at radius 1 is 1.16 bits per heavy atom. The Balaban J connectivity index is 1.61. The Kier molecular flexibility index (Phi) is 5.05. The molecule has 130 valence electrons. The number of ether oxygens (including phenoxy) is 1.